The van der Waals surface area contributed by atoms with E-state index in [1.165, 1.54) is 4.90 Å². The molecule has 1 aromatic rings. The monoisotopic (exact) mass is 444 g/mol. The summed E-state index contributed by atoms with van der Waals surface area (Å²) >= 11 is 0. The number of rotatable bonds is 3. The first kappa shape index (κ1) is 21.9. The Morgan fingerprint density at radius 3 is 1.76 bits per heavy atom. The number of alkyl halides is 6. The topological polar surface area (TPSA) is 57.7 Å². The minimum atomic E-state index is -5.14. The molecule has 29 heavy (non-hydrogen) atoms. The fourth-order valence-corrected chi connectivity index (χ4v) is 4.77. The van der Waals surface area contributed by atoms with Gasteiger partial charge >= 0.3 is 12.4 Å². The lowest BCUT2D eigenvalue weighted by molar-refractivity contribution is -0.143. The van der Waals surface area contributed by atoms with E-state index in [1.807, 2.05) is 6.92 Å². The van der Waals surface area contributed by atoms with E-state index in [0.29, 0.717) is 0 Å². The number of hydrogen-bond donors (Lipinski definition) is 0. The van der Waals surface area contributed by atoms with Gasteiger partial charge in [-0.3, -0.25) is 4.79 Å². The molecule has 1 aliphatic heterocycles. The summed E-state index contributed by atoms with van der Waals surface area (Å²) in [7, 11) is -4.60. The second-order valence-electron chi connectivity index (χ2n) is 7.29. The molecule has 2 fully saturated rings. The van der Waals surface area contributed by atoms with Gasteiger partial charge in [0.05, 0.1) is 16.0 Å². The Morgan fingerprint density at radius 1 is 0.931 bits per heavy atom. The first-order chi connectivity index (χ1) is 13.2. The Hall–Kier alpha value is -1.82. The van der Waals surface area contributed by atoms with E-state index in [-0.39, 0.29) is 62.1 Å². The van der Waals surface area contributed by atoms with Crippen LogP contribution in [0, 0.1) is 11.8 Å². The van der Waals surface area contributed by atoms with Gasteiger partial charge in [-0.1, -0.05) is 6.92 Å². The molecule has 0 bridgehead atoms. The highest BCUT2D eigenvalue weighted by Crippen LogP contribution is 2.40. The van der Waals surface area contributed by atoms with Crippen LogP contribution in [0.5, 0.6) is 0 Å². The smallest absolute Gasteiger partial charge is 0.340 e. The highest BCUT2D eigenvalue weighted by atomic mass is 32.2. The molecule has 3 rings (SSSR count). The average molecular weight is 444 g/mol. The van der Waals surface area contributed by atoms with Crippen LogP contribution in [0.15, 0.2) is 23.1 Å². The number of benzene rings is 1. The van der Waals surface area contributed by atoms with E-state index in [2.05, 4.69) is 0 Å². The summed E-state index contributed by atoms with van der Waals surface area (Å²) in [6, 6.07) is 0.286. The summed E-state index contributed by atoms with van der Waals surface area (Å²) in [5.41, 5.74) is -3.38. The van der Waals surface area contributed by atoms with Crippen LogP contribution in [0.25, 0.3) is 0 Å². The van der Waals surface area contributed by atoms with Gasteiger partial charge in [0, 0.05) is 32.1 Å². The van der Waals surface area contributed by atoms with Crippen molar-refractivity contribution >= 4 is 15.9 Å². The van der Waals surface area contributed by atoms with Gasteiger partial charge in [0.2, 0.25) is 15.9 Å². The van der Waals surface area contributed by atoms with Gasteiger partial charge in [0.15, 0.2) is 0 Å². The van der Waals surface area contributed by atoms with E-state index in [1.54, 1.807) is 0 Å². The van der Waals surface area contributed by atoms with Gasteiger partial charge in [-0.15, -0.1) is 0 Å². The van der Waals surface area contributed by atoms with Gasteiger partial charge in [-0.05, 0) is 30.5 Å². The van der Waals surface area contributed by atoms with Crippen molar-refractivity contribution in [1.82, 2.24) is 9.21 Å². The van der Waals surface area contributed by atoms with Crippen molar-refractivity contribution in [3.8, 4) is 0 Å². The first-order valence-corrected chi connectivity index (χ1v) is 10.2. The molecule has 5 nitrogen and oxygen atoms in total. The van der Waals surface area contributed by atoms with E-state index in [0.717, 1.165) is 10.7 Å². The third kappa shape index (κ3) is 4.52. The molecule has 1 aromatic carbocycles. The summed E-state index contributed by atoms with van der Waals surface area (Å²) in [5, 5.41) is 0. The van der Waals surface area contributed by atoms with Crippen molar-refractivity contribution in [3.05, 3.63) is 29.3 Å². The van der Waals surface area contributed by atoms with Crippen molar-refractivity contribution in [2.45, 2.75) is 30.6 Å². The van der Waals surface area contributed by atoms with Crippen molar-refractivity contribution in [1.29, 1.82) is 0 Å². The molecule has 1 saturated heterocycles. The molecule has 1 aliphatic carbocycles. The molecule has 2 atom stereocenters. The number of piperazine rings is 1. The van der Waals surface area contributed by atoms with E-state index in [9.17, 15) is 39.6 Å². The molecule has 162 valence electrons. The molecular formula is C17H18F6N2O3S. The van der Waals surface area contributed by atoms with E-state index in [4.69, 9.17) is 0 Å². The molecule has 1 saturated carbocycles. The molecule has 0 aromatic heterocycles. The van der Waals surface area contributed by atoms with Crippen LogP contribution < -0.4 is 0 Å². The zero-order chi connectivity index (χ0) is 21.8. The molecule has 1 amide bonds. The minimum Gasteiger partial charge on any atom is -0.340 e. The van der Waals surface area contributed by atoms with Crippen LogP contribution in [0.1, 0.15) is 24.5 Å². The lowest BCUT2D eigenvalue weighted by Gasteiger charge is -2.34. The van der Waals surface area contributed by atoms with Crippen LogP contribution in [0.4, 0.5) is 26.3 Å². The molecule has 0 N–H and O–H groups in total. The maximum atomic E-state index is 13.0. The number of nitrogens with zero attached hydrogens (tertiary/aromatic N) is 2. The third-order valence-corrected chi connectivity index (χ3v) is 7.05. The van der Waals surface area contributed by atoms with Gasteiger partial charge in [0.1, 0.15) is 0 Å². The maximum absolute atomic E-state index is 13.0. The normalized spacial score (nSPS) is 23.9. The Kier molecular flexibility index (Phi) is 5.39. The van der Waals surface area contributed by atoms with E-state index < -0.39 is 38.4 Å². The molecule has 0 spiro atoms. The minimum absolute atomic E-state index is 0.0341. The van der Waals surface area contributed by atoms with Crippen molar-refractivity contribution in [2.24, 2.45) is 11.8 Å². The molecule has 0 radical (unpaired) electrons. The second-order valence-corrected chi connectivity index (χ2v) is 9.23. The molecule has 1 heterocycles. The van der Waals surface area contributed by atoms with Crippen LogP contribution in [-0.4, -0.2) is 49.7 Å². The van der Waals surface area contributed by atoms with Gasteiger partial charge in [0.25, 0.3) is 0 Å². The lowest BCUT2D eigenvalue weighted by Crippen LogP contribution is -2.51. The van der Waals surface area contributed by atoms with Gasteiger partial charge in [-0.2, -0.15) is 30.6 Å². The van der Waals surface area contributed by atoms with Gasteiger partial charge < -0.3 is 4.90 Å². The third-order valence-electron chi connectivity index (χ3n) is 5.18. The lowest BCUT2D eigenvalue weighted by atomic mass is 10.1. The highest BCUT2D eigenvalue weighted by molar-refractivity contribution is 7.89. The first-order valence-electron chi connectivity index (χ1n) is 8.79. The van der Waals surface area contributed by atoms with E-state index >= 15 is 0 Å². The summed E-state index contributed by atoms with van der Waals surface area (Å²) in [4.78, 5) is 12.6. The zero-order valence-corrected chi connectivity index (χ0v) is 16.0. The number of hydrogen-bond acceptors (Lipinski definition) is 3. The molecule has 12 heteroatoms. The Labute approximate surface area is 163 Å². The van der Waals surface area contributed by atoms with Crippen molar-refractivity contribution < 1.29 is 39.6 Å². The fraction of sp³-hybridized carbons (Fsp3) is 0.588. The maximum Gasteiger partial charge on any atom is 0.416 e. The average Bonchev–Trinajstić information content (AvgIpc) is 3.36. The largest absolute Gasteiger partial charge is 0.416 e. The Balaban J connectivity index is 1.85. The number of sulfonamides is 1. The highest BCUT2D eigenvalue weighted by Gasteiger charge is 2.43. The number of amides is 1. The summed E-state index contributed by atoms with van der Waals surface area (Å²) in [6.07, 6.45) is -9.53. The number of halogens is 6. The van der Waals surface area contributed by atoms with Crippen LogP contribution in [0.2, 0.25) is 0 Å². The summed E-state index contributed by atoms with van der Waals surface area (Å²) in [5.74, 6) is 0.0547. The predicted molar refractivity (Wildman–Crippen MR) is 89.1 cm³/mol. The van der Waals surface area contributed by atoms with Crippen molar-refractivity contribution in [3.63, 3.8) is 0 Å². The summed E-state index contributed by atoms with van der Waals surface area (Å²) in [6.45, 7) is 1.58. The SMILES string of the molecule is C[C@@H]1C[C@@H]1C(=O)N1CCN(S(=O)(=O)c2cc(C(F)(F)F)cc(C(F)(F)F)c2)CC1. The fourth-order valence-electron chi connectivity index (χ4n) is 3.27. The molecule has 0 unspecified atom stereocenters. The number of carbonyl (C=O) groups is 1. The van der Waals surface area contributed by atoms with Crippen LogP contribution in [0.3, 0.4) is 0 Å². The van der Waals surface area contributed by atoms with Crippen LogP contribution in [-0.2, 0) is 27.2 Å². The quantitative estimate of drug-likeness (QED) is 0.673. The molecular weight excluding hydrogens is 426 g/mol. The number of carbonyl (C=O) groups excluding carboxylic acids is 1. The Bertz CT molecular complexity index is 872. The second kappa shape index (κ2) is 7.15. The predicted octanol–water partition coefficient (Wildman–Crippen LogP) is 3.21. The Morgan fingerprint density at radius 2 is 1.38 bits per heavy atom. The standard InChI is InChI=1S/C17H18F6N2O3S/c1-10-6-14(10)15(26)24-2-4-25(5-3-24)29(27,28)13-8-11(16(18,19)20)7-12(9-13)17(21,22)23/h7-10,14H,2-6H2,1H3/t10-,14+/m1/s1. The van der Waals surface area contributed by atoms with Crippen molar-refractivity contribution in [2.75, 3.05) is 26.2 Å². The summed E-state index contributed by atoms with van der Waals surface area (Å²) < 4.78 is 104. The van der Waals surface area contributed by atoms with Gasteiger partial charge in [-0.25, -0.2) is 8.42 Å². The van der Waals surface area contributed by atoms with Crippen LogP contribution >= 0.6 is 0 Å². The molecule has 2 aliphatic rings. The zero-order valence-electron chi connectivity index (χ0n) is 15.2.